The lowest BCUT2D eigenvalue weighted by Gasteiger charge is -2.20. The molecule has 2 aromatic carbocycles. The third-order valence-electron chi connectivity index (χ3n) is 4.22. The molecule has 0 aliphatic rings. The first-order chi connectivity index (χ1) is 13.8. The van der Waals surface area contributed by atoms with Gasteiger partial charge in [0.25, 0.3) is 5.66 Å². The van der Waals surface area contributed by atoms with E-state index in [9.17, 15) is 8.78 Å². The molecule has 3 aromatic rings. The number of ether oxygens (including phenoxy) is 1. The molecule has 29 heavy (non-hydrogen) atoms. The number of alkyl halides is 2. The van der Waals surface area contributed by atoms with Crippen LogP contribution in [-0.2, 0) is 5.66 Å². The van der Waals surface area contributed by atoms with Gasteiger partial charge in [0.05, 0.1) is 0 Å². The molecule has 0 amide bonds. The van der Waals surface area contributed by atoms with Crippen LogP contribution in [0.5, 0.6) is 5.75 Å². The summed E-state index contributed by atoms with van der Waals surface area (Å²) in [6, 6.07) is 10.3. The van der Waals surface area contributed by atoms with Crippen molar-refractivity contribution in [1.29, 1.82) is 0 Å². The Morgan fingerprint density at radius 2 is 1.97 bits per heavy atom. The van der Waals surface area contributed by atoms with Crippen molar-refractivity contribution >= 4 is 26.8 Å². The zero-order valence-corrected chi connectivity index (χ0v) is 17.2. The van der Waals surface area contributed by atoms with Crippen LogP contribution in [0.3, 0.4) is 0 Å². The molecule has 0 aliphatic heterocycles. The van der Waals surface area contributed by atoms with Crippen molar-refractivity contribution in [1.82, 2.24) is 20.5 Å². The van der Waals surface area contributed by atoms with E-state index in [4.69, 9.17) is 10.5 Å². The van der Waals surface area contributed by atoms with E-state index < -0.39 is 5.66 Å². The van der Waals surface area contributed by atoms with Crippen LogP contribution in [0.4, 0.5) is 26.4 Å². The number of aromatic nitrogens is 3. The number of H-pyrrole nitrogens is 1. The number of hydrogen-bond donors (Lipinski definition) is 4. The number of nitrogen functional groups attached to an aromatic ring is 1. The number of halogens is 2. The van der Waals surface area contributed by atoms with Crippen molar-refractivity contribution < 1.29 is 13.5 Å². The zero-order valence-electron chi connectivity index (χ0n) is 16.1. The highest BCUT2D eigenvalue weighted by atomic mass is 31.0. The number of nitrogens with zero attached hydrogens (tertiary/aromatic N) is 2. The van der Waals surface area contributed by atoms with Gasteiger partial charge in [-0.05, 0) is 54.9 Å². The first-order valence-electron chi connectivity index (χ1n) is 8.92. The summed E-state index contributed by atoms with van der Waals surface area (Å²) in [6.07, 6.45) is 0. The molecule has 154 valence electrons. The third-order valence-corrected chi connectivity index (χ3v) is 4.53. The minimum Gasteiger partial charge on any atom is -0.492 e. The molecule has 0 aliphatic carbocycles. The number of rotatable bonds is 8. The van der Waals surface area contributed by atoms with E-state index in [1.165, 1.54) is 6.07 Å². The lowest BCUT2D eigenvalue weighted by atomic mass is 9.94. The minimum absolute atomic E-state index is 0.127. The number of nitrogens with one attached hydrogen (secondary N) is 3. The molecule has 1 heterocycles. The molecular weight excluding hydrogens is 397 g/mol. The fourth-order valence-electron chi connectivity index (χ4n) is 2.95. The fourth-order valence-corrected chi connectivity index (χ4v) is 3.18. The van der Waals surface area contributed by atoms with Gasteiger partial charge in [0.1, 0.15) is 12.4 Å². The van der Waals surface area contributed by atoms with E-state index >= 15 is 0 Å². The van der Waals surface area contributed by atoms with Gasteiger partial charge in [0, 0.05) is 17.8 Å². The maximum absolute atomic E-state index is 14.4. The smallest absolute Gasteiger partial charge is 0.284 e. The van der Waals surface area contributed by atoms with Crippen LogP contribution in [0.15, 0.2) is 36.4 Å². The van der Waals surface area contributed by atoms with Crippen LogP contribution >= 0.6 is 9.24 Å². The van der Waals surface area contributed by atoms with Crippen molar-refractivity contribution in [3.63, 3.8) is 0 Å². The molecule has 0 spiro atoms. The summed E-state index contributed by atoms with van der Waals surface area (Å²) in [4.78, 5) is 3.94. The largest absolute Gasteiger partial charge is 0.492 e. The fraction of sp³-hybridized carbons (Fsp3) is 0.263. The van der Waals surface area contributed by atoms with Crippen molar-refractivity contribution in [3.8, 4) is 16.9 Å². The Labute approximate surface area is 169 Å². The first kappa shape index (κ1) is 21.0. The number of likely N-dealkylation sites (N-methyl/N-ethyl adjacent to an activating group) is 1. The Hall–Kier alpha value is -2.77. The third kappa shape index (κ3) is 5.19. The Kier molecular flexibility index (Phi) is 6.30. The first-order valence-corrected chi connectivity index (χ1v) is 9.50. The zero-order chi connectivity index (χ0) is 21.0. The van der Waals surface area contributed by atoms with Crippen molar-refractivity contribution in [2.75, 3.05) is 31.2 Å². The molecule has 3 rings (SSSR count). The van der Waals surface area contributed by atoms with Gasteiger partial charge in [-0.25, -0.2) is 5.10 Å². The Morgan fingerprint density at radius 3 is 2.55 bits per heavy atom. The highest BCUT2D eigenvalue weighted by Crippen LogP contribution is 2.44. The number of aromatic amines is 1. The summed E-state index contributed by atoms with van der Waals surface area (Å²) in [5.41, 5.74) is 4.51. The molecule has 1 aromatic heterocycles. The standard InChI is InChI=1S/C19H23F2N6OP/c1-11-9-13(24-18-25-17(22)26-27-18)10-15(19(20,21)29)16(11)12-3-5-14(6-4-12)28-8-7-23-2/h3-6,9-10,23H,7-8,29H2,1-2H3,(H4,22,24,25,26,27). The molecule has 0 radical (unpaired) electrons. The highest BCUT2D eigenvalue weighted by molar-refractivity contribution is 7.17. The predicted molar refractivity (Wildman–Crippen MR) is 114 cm³/mol. The summed E-state index contributed by atoms with van der Waals surface area (Å²) in [5.74, 6) is 1.02. The van der Waals surface area contributed by atoms with Crippen LogP contribution < -0.4 is 21.1 Å². The molecule has 0 saturated heterocycles. The second-order valence-electron chi connectivity index (χ2n) is 6.48. The Morgan fingerprint density at radius 1 is 1.24 bits per heavy atom. The van der Waals surface area contributed by atoms with Gasteiger partial charge < -0.3 is 21.1 Å². The number of hydrogen-bond acceptors (Lipinski definition) is 6. The summed E-state index contributed by atoms with van der Waals surface area (Å²) < 4.78 is 34.5. The molecular formula is C19H23F2N6OP. The van der Waals surface area contributed by atoms with Gasteiger partial charge in [0.2, 0.25) is 11.9 Å². The molecule has 0 fully saturated rings. The van der Waals surface area contributed by atoms with Gasteiger partial charge in [-0.2, -0.15) is 13.8 Å². The van der Waals surface area contributed by atoms with Crippen molar-refractivity contribution in [2.45, 2.75) is 12.6 Å². The van der Waals surface area contributed by atoms with Crippen LogP contribution in [0.1, 0.15) is 11.1 Å². The quantitative estimate of drug-likeness (QED) is 0.328. The molecule has 1 unspecified atom stereocenters. The molecule has 7 nitrogen and oxygen atoms in total. The Balaban J connectivity index is 1.95. The van der Waals surface area contributed by atoms with E-state index in [0.29, 0.717) is 34.7 Å². The average Bonchev–Trinajstić information content (AvgIpc) is 3.06. The monoisotopic (exact) mass is 420 g/mol. The van der Waals surface area contributed by atoms with E-state index in [1.807, 2.05) is 7.05 Å². The maximum Gasteiger partial charge on any atom is 0.284 e. The lowest BCUT2D eigenvalue weighted by Crippen LogP contribution is -2.15. The molecule has 0 saturated carbocycles. The topological polar surface area (TPSA) is 101 Å². The minimum atomic E-state index is -3.13. The van der Waals surface area contributed by atoms with E-state index in [1.54, 1.807) is 46.5 Å². The van der Waals surface area contributed by atoms with Crippen LogP contribution in [0.25, 0.3) is 11.1 Å². The van der Waals surface area contributed by atoms with E-state index in [2.05, 4.69) is 25.8 Å². The van der Waals surface area contributed by atoms with Gasteiger partial charge in [0.15, 0.2) is 0 Å². The predicted octanol–water partition coefficient (Wildman–Crippen LogP) is 3.63. The second-order valence-corrected chi connectivity index (χ2v) is 7.21. The summed E-state index contributed by atoms with van der Waals surface area (Å²) in [5, 5.41) is 12.3. The number of nitrogens with two attached hydrogens (primary N) is 1. The average molecular weight is 420 g/mol. The maximum atomic E-state index is 14.4. The normalized spacial score (nSPS) is 11.5. The van der Waals surface area contributed by atoms with Crippen LogP contribution in [0.2, 0.25) is 0 Å². The van der Waals surface area contributed by atoms with E-state index in [-0.39, 0.29) is 17.5 Å². The van der Waals surface area contributed by atoms with E-state index in [0.717, 1.165) is 6.54 Å². The molecule has 0 bridgehead atoms. The number of anilines is 3. The van der Waals surface area contributed by atoms with Gasteiger partial charge in [-0.3, -0.25) is 0 Å². The van der Waals surface area contributed by atoms with Gasteiger partial charge >= 0.3 is 0 Å². The second kappa shape index (κ2) is 8.71. The van der Waals surface area contributed by atoms with Gasteiger partial charge in [-0.1, -0.05) is 21.4 Å². The Bertz CT molecular complexity index is 972. The SMILES string of the molecule is CNCCOc1ccc(-c2c(C)cc(Nc3n[nH]c(N)n3)cc2C(F)(F)P)cc1. The number of benzene rings is 2. The van der Waals surface area contributed by atoms with Crippen LogP contribution in [-0.4, -0.2) is 35.4 Å². The molecule has 10 heteroatoms. The van der Waals surface area contributed by atoms with Crippen molar-refractivity contribution in [3.05, 3.63) is 47.5 Å². The highest BCUT2D eigenvalue weighted by Gasteiger charge is 2.30. The molecule has 5 N–H and O–H groups in total. The van der Waals surface area contributed by atoms with Crippen LogP contribution in [0, 0.1) is 6.92 Å². The lowest BCUT2D eigenvalue weighted by molar-refractivity contribution is 0.104. The summed E-state index contributed by atoms with van der Waals surface area (Å²) >= 11 is 0. The summed E-state index contributed by atoms with van der Waals surface area (Å²) in [7, 11) is 3.44. The van der Waals surface area contributed by atoms with Crippen molar-refractivity contribution in [2.24, 2.45) is 0 Å². The summed E-state index contributed by atoms with van der Waals surface area (Å²) in [6.45, 7) is 3.02. The van der Waals surface area contributed by atoms with Gasteiger partial charge in [-0.15, -0.1) is 5.10 Å². The number of aryl methyl sites for hydroxylation is 1. The molecule has 1 atom stereocenters.